The van der Waals surface area contributed by atoms with Crippen LogP contribution in [0.3, 0.4) is 0 Å². The van der Waals surface area contributed by atoms with E-state index in [2.05, 4.69) is 76.1 Å². The molecule has 688 valence electrons. The van der Waals surface area contributed by atoms with E-state index < -0.39 is 35.6 Å². The van der Waals surface area contributed by atoms with Crippen LogP contribution in [-0.2, 0) is 68.8 Å². The van der Waals surface area contributed by atoms with Gasteiger partial charge in [-0.25, -0.2) is 25.3 Å². The molecule has 12 aromatic rings. The average molecular weight is 1870 g/mol. The van der Waals surface area contributed by atoms with Crippen LogP contribution in [0.15, 0.2) is 238 Å². The molecule has 4 amide bonds. The van der Waals surface area contributed by atoms with Crippen LogP contribution in [0.5, 0.6) is 0 Å². The third-order valence-corrected chi connectivity index (χ3v) is 22.8. The molecule has 0 saturated carbocycles. The van der Waals surface area contributed by atoms with Gasteiger partial charge in [0.1, 0.15) is 0 Å². The maximum absolute atomic E-state index is 13.0. The molecular formula is C101H106Cl4N12O15. The van der Waals surface area contributed by atoms with Crippen molar-refractivity contribution in [2.45, 2.75) is 164 Å². The van der Waals surface area contributed by atoms with E-state index in [1.807, 2.05) is 141 Å². The summed E-state index contributed by atoms with van der Waals surface area (Å²) in [6.45, 7) is 8.28. The van der Waals surface area contributed by atoms with Crippen LogP contribution in [0.1, 0.15) is 183 Å². The molecule has 31 heteroatoms. The van der Waals surface area contributed by atoms with E-state index in [1.54, 1.807) is 84.9 Å². The van der Waals surface area contributed by atoms with Crippen molar-refractivity contribution in [1.82, 2.24) is 40.8 Å². The number of aromatic nitrogens is 8. The largest absolute Gasteiger partial charge is 0.481 e. The Kier molecular flexibility index (Phi) is 39.6. The Labute approximate surface area is 782 Å². The number of unbranched alkanes of at least 4 members (excludes halogenated alkanes) is 4. The molecule has 132 heavy (non-hydrogen) atoms. The molecule has 2 aliphatic rings. The number of carbonyl (C=O) groups excluding carboxylic acids is 6. The van der Waals surface area contributed by atoms with E-state index in [4.69, 9.17) is 52.1 Å². The lowest BCUT2D eigenvalue weighted by molar-refractivity contribution is -0.153. The van der Waals surface area contributed by atoms with Crippen molar-refractivity contribution >= 4 is 160 Å². The lowest BCUT2D eigenvalue weighted by Crippen LogP contribution is -2.30. The number of ether oxygens (including phenoxy) is 1. The van der Waals surface area contributed by atoms with E-state index in [0.29, 0.717) is 133 Å². The van der Waals surface area contributed by atoms with Crippen LogP contribution in [0.2, 0.25) is 20.1 Å². The number of carboxylic acid groups (broad SMARTS) is 2. The number of nitrogens with one attached hydrogen (secondary N) is 6. The minimum atomic E-state index is -1.03. The predicted octanol–water partition coefficient (Wildman–Crippen LogP) is 19.9. The number of halogens is 4. The van der Waals surface area contributed by atoms with Gasteiger partial charge in [0.05, 0.1) is 124 Å². The Hall–Kier alpha value is -13.6. The number of nitrogen functional groups attached to an aromatic ring is 1. The second-order valence-corrected chi connectivity index (χ2v) is 33.0. The van der Waals surface area contributed by atoms with Crippen molar-refractivity contribution in [3.05, 3.63) is 325 Å². The standard InChI is InChI=1S/2C25H26ClN3O4.C25H24ClN3O3.C15H12ClN3O.C10H14O3.CH4/c1-2-3-4-5-8-17(25(32)33)15-23(30)27-22-14-16(11-12-20(22)26)13-21-18-9-6-7-10-19(18)24(31)29-28-21;1-2-3-4-5-8-17(15-23(30)31)24(32)27-22-14-16(11-12-20(22)26)13-21-18-9-6-7-10-19(18)25(33)29-28-21;1-2-3-4-5-8-17-15-23(30)29(25(17)32)22-14-16(11-12-20(22)26)13-21-18-9-6-7-10-19(18)24(31)28-27-21;16-12-6-5-9(7-13(12)17)8-14-10-3-1-2-4-11(10)15(20)19-18-14;1-2-3-4-5-6-8-7-9(11)13-10(8)12;/h4-7,9-12,14,17H,2-3,8,13,15H2,1H3,(H,27,30)(H,29,31)(H,32,33);4-7,9-12,14,17H,2-3,8,13,15H2,1H3,(H,27,32)(H,29,33)(H,30,31);4-7,9-12,14,17H,2-3,8,13,15H2,1H3,(H,28,31);1-7H,8,17H2,(H,19,20);4-5,8H,2-3,6-7H2,1H3;1H4/b3*5-4+;;5-4+;. The number of hydrogen-bond acceptors (Lipinski definition) is 18. The molecular weight excluding hydrogens is 1760 g/mol. The molecule has 8 aromatic carbocycles. The highest BCUT2D eigenvalue weighted by atomic mass is 35.5. The molecule has 10 N–H and O–H groups in total. The van der Waals surface area contributed by atoms with Crippen molar-refractivity contribution in [3.8, 4) is 0 Å². The minimum Gasteiger partial charge on any atom is -0.481 e. The van der Waals surface area contributed by atoms with Crippen molar-refractivity contribution < 1.29 is 53.3 Å². The number of rotatable bonds is 33. The number of benzene rings is 8. The minimum absolute atomic E-state index is 0. The van der Waals surface area contributed by atoms with E-state index >= 15 is 0 Å². The molecule has 0 radical (unpaired) electrons. The molecule has 4 atom stereocenters. The Balaban J connectivity index is 0.000000191. The van der Waals surface area contributed by atoms with Gasteiger partial charge in [-0.05, 0) is 146 Å². The zero-order chi connectivity index (χ0) is 94.0. The summed E-state index contributed by atoms with van der Waals surface area (Å²) in [5, 5.41) is 58.0. The highest BCUT2D eigenvalue weighted by Gasteiger charge is 2.40. The molecule has 2 aliphatic heterocycles. The summed E-state index contributed by atoms with van der Waals surface area (Å²) in [4.78, 5) is 144. The van der Waals surface area contributed by atoms with Gasteiger partial charge < -0.3 is 31.3 Å². The third kappa shape index (κ3) is 29.2. The number of anilines is 4. The summed E-state index contributed by atoms with van der Waals surface area (Å²) in [5.74, 6) is -6.19. The summed E-state index contributed by atoms with van der Waals surface area (Å²) in [6.07, 6.45) is 27.0. The summed E-state index contributed by atoms with van der Waals surface area (Å²) in [5.41, 5.74) is 13.0. The van der Waals surface area contributed by atoms with Crippen molar-refractivity contribution in [2.24, 2.45) is 23.7 Å². The van der Waals surface area contributed by atoms with Crippen LogP contribution in [0, 0.1) is 23.7 Å². The van der Waals surface area contributed by atoms with E-state index in [0.717, 1.165) is 101 Å². The fourth-order valence-corrected chi connectivity index (χ4v) is 15.2. The molecule has 4 unspecified atom stereocenters. The van der Waals surface area contributed by atoms with E-state index in [1.165, 1.54) is 4.90 Å². The smallest absolute Gasteiger partial charge is 0.317 e. The van der Waals surface area contributed by atoms with Gasteiger partial charge in [-0.2, -0.15) is 20.4 Å². The number of nitrogens with two attached hydrogens (primary N) is 1. The second-order valence-electron chi connectivity index (χ2n) is 31.4. The first-order valence-corrected chi connectivity index (χ1v) is 44.7. The lowest BCUT2D eigenvalue weighted by atomic mass is 9.99. The highest BCUT2D eigenvalue weighted by molar-refractivity contribution is 6.36. The van der Waals surface area contributed by atoms with Crippen LogP contribution in [0.25, 0.3) is 43.1 Å². The van der Waals surface area contributed by atoms with Crippen molar-refractivity contribution in [1.29, 1.82) is 0 Å². The fraction of sp³-hybridized carbons (Fsp3) is 0.287. The number of H-pyrrole nitrogens is 4. The van der Waals surface area contributed by atoms with Crippen molar-refractivity contribution in [3.63, 3.8) is 0 Å². The number of amides is 4. The normalized spacial score (nSPS) is 14.0. The molecule has 4 aromatic heterocycles. The number of aromatic amines is 4. The Morgan fingerprint density at radius 3 is 1.20 bits per heavy atom. The maximum Gasteiger partial charge on any atom is 0.317 e. The summed E-state index contributed by atoms with van der Waals surface area (Å²) >= 11 is 24.9. The number of nitrogens with zero attached hydrogens (tertiary/aromatic N) is 5. The maximum atomic E-state index is 13.0. The highest BCUT2D eigenvalue weighted by Crippen LogP contribution is 2.37. The second kappa shape index (κ2) is 51.1. The number of hydrogen-bond donors (Lipinski definition) is 9. The van der Waals surface area contributed by atoms with Crippen LogP contribution in [0.4, 0.5) is 22.7 Å². The topological polar surface area (TPSA) is 423 Å². The number of aliphatic carboxylic acids is 2. The number of carbonyl (C=O) groups is 8. The molecule has 0 aliphatic carbocycles. The molecule has 0 bridgehead atoms. The van der Waals surface area contributed by atoms with Gasteiger partial charge in [0.15, 0.2) is 0 Å². The van der Waals surface area contributed by atoms with Gasteiger partial charge in [0.2, 0.25) is 23.6 Å². The average Bonchev–Trinajstić information content (AvgIpc) is 1.53. The van der Waals surface area contributed by atoms with Gasteiger partial charge in [-0.15, -0.1) is 0 Å². The predicted molar refractivity (Wildman–Crippen MR) is 521 cm³/mol. The lowest BCUT2D eigenvalue weighted by Gasteiger charge is -2.17. The summed E-state index contributed by atoms with van der Waals surface area (Å²) in [7, 11) is 0. The van der Waals surface area contributed by atoms with Gasteiger partial charge in [0, 0.05) is 60.1 Å². The van der Waals surface area contributed by atoms with Gasteiger partial charge in [0.25, 0.3) is 22.2 Å². The first-order chi connectivity index (χ1) is 63.1. The molecule has 27 nitrogen and oxygen atoms in total. The first-order valence-electron chi connectivity index (χ1n) is 43.2. The number of cyclic esters (lactones) is 2. The van der Waals surface area contributed by atoms with Gasteiger partial charge in [-0.3, -0.25) is 57.5 Å². The van der Waals surface area contributed by atoms with Crippen LogP contribution >= 0.6 is 46.4 Å². The third-order valence-electron chi connectivity index (χ3n) is 21.4. The number of fused-ring (bicyclic) bond motifs is 4. The van der Waals surface area contributed by atoms with E-state index in [-0.39, 0.29) is 90.9 Å². The number of imide groups is 1. The quantitative estimate of drug-likeness (QED) is 0.00606. The van der Waals surface area contributed by atoms with Crippen LogP contribution in [-0.4, -0.2) is 98.5 Å². The van der Waals surface area contributed by atoms with Crippen LogP contribution < -0.4 is 43.5 Å². The monoisotopic (exact) mass is 1870 g/mol. The SMILES string of the molecule is C.CCC/C=C/CC(CC(=O)Nc1cc(Cc2n[nH]c(=O)c3ccccc23)ccc1Cl)C(=O)O.CCC/C=C/CC(CC(=O)O)C(=O)Nc1cc(Cc2n[nH]c(=O)c3ccccc23)ccc1Cl.CCC/C=C/CC1CC(=O)N(c2cc(Cc3n[nH]c(=O)c4ccccc34)ccc2Cl)C1=O.CCC/C=C/CC1CC(=O)OC1=O.Nc1cc(Cc2n[nH]c(=O)c3ccccc23)ccc1Cl. The molecule has 0 spiro atoms. The zero-order valence-electron chi connectivity index (χ0n) is 72.8. The summed E-state index contributed by atoms with van der Waals surface area (Å²) < 4.78 is 4.42. The first kappa shape index (κ1) is 102. The van der Waals surface area contributed by atoms with Gasteiger partial charge >= 0.3 is 23.9 Å². The number of carboxylic acids is 2. The molecule has 6 heterocycles. The molecule has 2 saturated heterocycles. The Morgan fingerprint density at radius 2 is 0.811 bits per heavy atom. The molecule has 14 rings (SSSR count). The Bertz CT molecular complexity index is 6520. The fourth-order valence-electron chi connectivity index (χ4n) is 14.5. The zero-order valence-corrected chi connectivity index (χ0v) is 75.8. The van der Waals surface area contributed by atoms with Crippen molar-refractivity contribution in [2.75, 3.05) is 21.3 Å². The number of esters is 2. The Morgan fingerprint density at radius 1 is 0.447 bits per heavy atom. The number of allylic oxidation sites excluding steroid dienone is 8. The van der Waals surface area contributed by atoms with E-state index in [9.17, 15) is 67.7 Å². The van der Waals surface area contributed by atoms with Gasteiger partial charge in [-0.1, -0.05) is 253 Å². The summed E-state index contributed by atoms with van der Waals surface area (Å²) in [6, 6.07) is 50.4. The molecule has 2 fully saturated rings.